The van der Waals surface area contributed by atoms with E-state index < -0.39 is 5.60 Å². The molecular weight excluding hydrogens is 747 g/mol. The molecule has 1 atom stereocenters. The fourth-order valence-electron chi connectivity index (χ4n) is 10.1. The molecule has 2 aromatic carbocycles. The Balaban J connectivity index is 0.828. The van der Waals surface area contributed by atoms with Gasteiger partial charge in [-0.2, -0.15) is 10.2 Å². The number of likely N-dealkylation sites (tertiary alicyclic amines) is 2. The molecule has 2 N–H and O–H groups in total. The van der Waals surface area contributed by atoms with E-state index in [9.17, 15) is 24.3 Å². The van der Waals surface area contributed by atoms with E-state index in [0.29, 0.717) is 75.6 Å². The van der Waals surface area contributed by atoms with Gasteiger partial charge in [0.05, 0.1) is 36.1 Å². The maximum atomic E-state index is 14.7. The molecule has 0 spiro atoms. The molecule has 5 heterocycles. The molecule has 4 saturated heterocycles. The molecule has 13 heteroatoms. The van der Waals surface area contributed by atoms with Gasteiger partial charge in [-0.15, -0.1) is 0 Å². The SMILES string of the molecule is CN(C(=O)C1(OC2CCCCC2)CCN(c2cnnc(-c3ccccc3O)c2)CC1)C1CCN(C(=O)CN2CCC(c3ccc(C4CCC(=O)NC4=O)cc3)CC2)CC1. The summed E-state index contributed by atoms with van der Waals surface area (Å²) >= 11 is 0. The largest absolute Gasteiger partial charge is 0.507 e. The lowest BCUT2D eigenvalue weighted by Crippen LogP contribution is -2.60. The highest BCUT2D eigenvalue weighted by molar-refractivity contribution is 6.00. The van der Waals surface area contributed by atoms with Crippen LogP contribution in [0.3, 0.4) is 0 Å². The number of nitrogens with zero attached hydrogens (tertiary/aromatic N) is 6. The standard InChI is InChI=1S/C46H59N7O6/c1-50(45(58)46(59-37-7-3-2-4-8-37)21-27-52(28-22-46)36-29-40(49-47-30-36)39-9-5-6-10-41(39)54)35-19-25-53(26-20-35)43(56)31-51-23-17-33(18-24-51)32-11-13-34(14-12-32)38-15-16-42(55)48-44(38)57/h5-6,9-14,29-30,33,35,37-38,54H,2-4,7-8,15-28,31H2,1H3,(H,48,55,57). The van der Waals surface area contributed by atoms with Crippen molar-refractivity contribution in [3.8, 4) is 17.0 Å². The van der Waals surface area contributed by atoms with E-state index in [2.05, 4.69) is 37.4 Å². The summed E-state index contributed by atoms with van der Waals surface area (Å²) < 4.78 is 6.93. The first-order chi connectivity index (χ1) is 28.7. The van der Waals surface area contributed by atoms with Crippen LogP contribution in [-0.2, 0) is 23.9 Å². The Labute approximate surface area is 347 Å². The minimum atomic E-state index is -0.900. The maximum Gasteiger partial charge on any atom is 0.254 e. The van der Waals surface area contributed by atoms with Gasteiger partial charge in [0.2, 0.25) is 17.7 Å². The van der Waals surface area contributed by atoms with Gasteiger partial charge in [-0.25, -0.2) is 0 Å². The fraction of sp³-hybridized carbons (Fsp3) is 0.565. The smallest absolute Gasteiger partial charge is 0.254 e. The number of rotatable bonds is 10. The summed E-state index contributed by atoms with van der Waals surface area (Å²) in [6.07, 6.45) is 12.8. The fourth-order valence-corrected chi connectivity index (χ4v) is 10.1. The number of piperidine rings is 4. The van der Waals surface area contributed by atoms with Crippen LogP contribution in [0.25, 0.3) is 11.3 Å². The van der Waals surface area contributed by atoms with Crippen molar-refractivity contribution in [3.05, 3.63) is 71.9 Å². The van der Waals surface area contributed by atoms with Crippen LogP contribution in [-0.4, -0.2) is 124 Å². The molecule has 59 heavy (non-hydrogen) atoms. The number of phenols is 1. The summed E-state index contributed by atoms with van der Waals surface area (Å²) in [6, 6.07) is 17.4. The van der Waals surface area contributed by atoms with Crippen molar-refractivity contribution < 1.29 is 29.0 Å². The molecule has 1 saturated carbocycles. The molecule has 4 amide bonds. The second-order valence-corrected chi connectivity index (χ2v) is 17.4. The van der Waals surface area contributed by atoms with Crippen molar-refractivity contribution in [2.45, 2.75) is 113 Å². The molecule has 0 radical (unpaired) electrons. The Morgan fingerprint density at radius 3 is 2.25 bits per heavy atom. The molecule has 3 aromatic rings. The monoisotopic (exact) mass is 805 g/mol. The first kappa shape index (κ1) is 40.9. The number of likely N-dealkylation sites (N-methyl/N-ethyl adjacent to an activating group) is 1. The van der Waals surface area contributed by atoms with Crippen LogP contribution in [0.5, 0.6) is 5.75 Å². The Morgan fingerprint density at radius 2 is 1.56 bits per heavy atom. The zero-order chi connectivity index (χ0) is 40.9. The number of aromatic nitrogens is 2. The molecule has 1 aromatic heterocycles. The topological polar surface area (TPSA) is 149 Å². The lowest BCUT2D eigenvalue weighted by atomic mass is 9.86. The lowest BCUT2D eigenvalue weighted by molar-refractivity contribution is -0.175. The average Bonchev–Trinajstić information content (AvgIpc) is 3.27. The number of ether oxygens (including phenoxy) is 1. The van der Waals surface area contributed by atoms with Gasteiger partial charge in [-0.3, -0.25) is 29.4 Å². The van der Waals surface area contributed by atoms with Crippen LogP contribution in [0.15, 0.2) is 60.8 Å². The van der Waals surface area contributed by atoms with Crippen molar-refractivity contribution in [1.82, 2.24) is 30.2 Å². The molecule has 1 unspecified atom stereocenters. The molecule has 5 fully saturated rings. The highest BCUT2D eigenvalue weighted by Crippen LogP contribution is 2.38. The number of phenolic OH excluding ortho intramolecular Hbond substituents is 1. The highest BCUT2D eigenvalue weighted by Gasteiger charge is 2.47. The Kier molecular flexibility index (Phi) is 12.6. The van der Waals surface area contributed by atoms with E-state index in [1.54, 1.807) is 18.3 Å². The molecule has 4 aliphatic heterocycles. The van der Waals surface area contributed by atoms with E-state index in [-0.39, 0.29) is 47.4 Å². The van der Waals surface area contributed by atoms with E-state index in [0.717, 1.165) is 75.7 Å². The van der Waals surface area contributed by atoms with Crippen LogP contribution in [0, 0.1) is 0 Å². The first-order valence-corrected chi connectivity index (χ1v) is 21.9. The van der Waals surface area contributed by atoms with Gasteiger partial charge in [-0.1, -0.05) is 55.7 Å². The molecule has 5 aliphatic rings. The summed E-state index contributed by atoms with van der Waals surface area (Å²) in [5.74, 6) is 0.109. The zero-order valence-electron chi connectivity index (χ0n) is 34.4. The van der Waals surface area contributed by atoms with Gasteiger partial charge >= 0.3 is 0 Å². The van der Waals surface area contributed by atoms with Crippen molar-refractivity contribution in [2.24, 2.45) is 0 Å². The summed E-state index contributed by atoms with van der Waals surface area (Å²) in [5.41, 5.74) is 3.46. The third kappa shape index (κ3) is 9.31. The lowest BCUT2D eigenvalue weighted by Gasteiger charge is -2.47. The van der Waals surface area contributed by atoms with E-state index in [1.165, 1.54) is 12.0 Å². The summed E-state index contributed by atoms with van der Waals surface area (Å²) in [5, 5.41) is 21.4. The number of para-hydroxylation sites is 1. The van der Waals surface area contributed by atoms with Crippen molar-refractivity contribution in [3.63, 3.8) is 0 Å². The van der Waals surface area contributed by atoms with E-state index >= 15 is 0 Å². The van der Waals surface area contributed by atoms with E-state index in [1.807, 2.05) is 47.2 Å². The van der Waals surface area contributed by atoms with Gasteiger partial charge in [0, 0.05) is 64.1 Å². The van der Waals surface area contributed by atoms with Crippen molar-refractivity contribution >= 4 is 29.3 Å². The van der Waals surface area contributed by atoms with E-state index in [4.69, 9.17) is 4.74 Å². The molecule has 1 aliphatic carbocycles. The van der Waals surface area contributed by atoms with Gasteiger partial charge < -0.3 is 24.5 Å². The number of aromatic hydroxyl groups is 1. The third-order valence-electron chi connectivity index (χ3n) is 13.8. The predicted octanol–water partition coefficient (Wildman–Crippen LogP) is 5.39. The zero-order valence-corrected chi connectivity index (χ0v) is 34.4. The number of anilines is 1. The van der Waals surface area contributed by atoms with Crippen LogP contribution >= 0.6 is 0 Å². The van der Waals surface area contributed by atoms with Crippen molar-refractivity contribution in [1.29, 1.82) is 0 Å². The van der Waals surface area contributed by atoms with Gasteiger partial charge in [0.1, 0.15) is 5.75 Å². The summed E-state index contributed by atoms with van der Waals surface area (Å²) in [6.45, 7) is 4.67. The molecule has 0 bridgehead atoms. The molecule has 13 nitrogen and oxygen atoms in total. The highest BCUT2D eigenvalue weighted by atomic mass is 16.5. The van der Waals surface area contributed by atoms with Crippen molar-refractivity contribution in [2.75, 3.05) is 57.8 Å². The van der Waals surface area contributed by atoms with Gasteiger partial charge in [-0.05, 0) is 93.3 Å². The Morgan fingerprint density at radius 1 is 0.864 bits per heavy atom. The number of benzene rings is 2. The maximum absolute atomic E-state index is 14.7. The predicted molar refractivity (Wildman–Crippen MR) is 224 cm³/mol. The quantitative estimate of drug-likeness (QED) is 0.256. The number of imide groups is 1. The number of carbonyl (C=O) groups excluding carboxylic acids is 4. The van der Waals surface area contributed by atoms with Crippen LogP contribution in [0.1, 0.15) is 106 Å². The summed E-state index contributed by atoms with van der Waals surface area (Å²) in [7, 11) is 1.93. The number of amides is 4. The second kappa shape index (κ2) is 18.2. The van der Waals surface area contributed by atoms with Gasteiger partial charge in [0.25, 0.3) is 5.91 Å². The number of hydrogen-bond acceptors (Lipinski definition) is 10. The Bertz CT molecular complexity index is 1960. The molecule has 8 rings (SSSR count). The average molecular weight is 806 g/mol. The minimum absolute atomic E-state index is 0.0408. The molecular formula is C46H59N7O6. The number of nitrogens with one attached hydrogen (secondary N) is 1. The van der Waals surface area contributed by atoms with Crippen LogP contribution in [0.4, 0.5) is 5.69 Å². The van der Waals surface area contributed by atoms with Gasteiger partial charge in [0.15, 0.2) is 5.60 Å². The first-order valence-electron chi connectivity index (χ1n) is 21.9. The third-order valence-corrected chi connectivity index (χ3v) is 13.8. The molecule has 314 valence electrons. The summed E-state index contributed by atoms with van der Waals surface area (Å²) in [4.78, 5) is 60.5. The number of carbonyl (C=O) groups is 4. The second-order valence-electron chi connectivity index (χ2n) is 17.4. The minimum Gasteiger partial charge on any atom is -0.507 e. The van der Waals surface area contributed by atoms with Crippen LogP contribution < -0.4 is 10.2 Å². The van der Waals surface area contributed by atoms with Crippen LogP contribution in [0.2, 0.25) is 0 Å². The number of hydrogen-bond donors (Lipinski definition) is 2. The normalized spacial score (nSPS) is 22.6. The Hall–Kier alpha value is -4.88.